The van der Waals surface area contributed by atoms with Gasteiger partial charge in [-0.3, -0.25) is 4.79 Å². The van der Waals surface area contributed by atoms with Gasteiger partial charge in [0.2, 0.25) is 5.91 Å². The average molecular weight is 478 g/mol. The van der Waals surface area contributed by atoms with Crippen molar-refractivity contribution in [3.63, 3.8) is 0 Å². The monoisotopic (exact) mass is 477 g/mol. The van der Waals surface area contributed by atoms with E-state index in [0.717, 1.165) is 28.5 Å². The van der Waals surface area contributed by atoms with Crippen LogP contribution in [0, 0.1) is 5.82 Å². The van der Waals surface area contributed by atoms with Gasteiger partial charge < -0.3 is 14.5 Å². The first-order valence-corrected chi connectivity index (χ1v) is 11.8. The molecule has 0 unspecified atom stereocenters. The fourth-order valence-electron chi connectivity index (χ4n) is 3.31. The Balaban J connectivity index is 1.27. The van der Waals surface area contributed by atoms with Crippen molar-refractivity contribution in [3.05, 3.63) is 96.1 Å². The van der Waals surface area contributed by atoms with Gasteiger partial charge in [-0.25, -0.2) is 4.39 Å². The maximum Gasteiger partial charge on any atom is 0.277 e. The number of carbonyl (C=O) groups is 1. The molecule has 3 aromatic carbocycles. The fourth-order valence-corrected chi connectivity index (χ4v) is 3.89. The van der Waals surface area contributed by atoms with E-state index in [-0.39, 0.29) is 34.6 Å². The van der Waals surface area contributed by atoms with Gasteiger partial charge >= 0.3 is 0 Å². The molecule has 0 bridgehead atoms. The number of nitrogens with one attached hydrogen (secondary N) is 1. The summed E-state index contributed by atoms with van der Waals surface area (Å²) in [7, 11) is 0. The average Bonchev–Trinajstić information content (AvgIpc) is 3.34. The van der Waals surface area contributed by atoms with Gasteiger partial charge in [-0.2, -0.15) is 0 Å². The van der Waals surface area contributed by atoms with Gasteiger partial charge in [-0.05, 0) is 42.7 Å². The molecule has 174 valence electrons. The summed E-state index contributed by atoms with van der Waals surface area (Å²) in [6.07, 6.45) is -0.633. The minimum absolute atomic E-state index is 0.104. The third-order valence-corrected chi connectivity index (χ3v) is 5.95. The maximum absolute atomic E-state index is 13.8. The first-order valence-electron chi connectivity index (χ1n) is 10.8. The molecule has 0 saturated heterocycles. The first kappa shape index (κ1) is 23.5. The lowest BCUT2D eigenvalue weighted by Crippen LogP contribution is -2.28. The predicted octanol–water partition coefficient (Wildman–Crippen LogP) is 5.99. The summed E-state index contributed by atoms with van der Waals surface area (Å²) in [5.41, 5.74) is 3.28. The normalized spacial score (nSPS) is 12.7. The van der Waals surface area contributed by atoms with Crippen LogP contribution in [-0.2, 0) is 4.79 Å². The standard InChI is InChI=1S/C26H24FN3O3S/c1-17(19-12-14-21(15-13-19)20-8-4-3-5-9-20)28-24(31)16-34-26-30-29-25(33-26)18(2)32-23-11-7-6-10-22(23)27/h3-15,17-18H,16H2,1-2H3,(H,28,31)/t17-,18+/m0/s1. The molecule has 0 aliphatic carbocycles. The van der Waals surface area contributed by atoms with Crippen molar-refractivity contribution in [1.82, 2.24) is 15.5 Å². The summed E-state index contributed by atoms with van der Waals surface area (Å²) >= 11 is 1.13. The molecular formula is C26H24FN3O3S. The van der Waals surface area contributed by atoms with Crippen LogP contribution >= 0.6 is 11.8 Å². The number of para-hydroxylation sites is 1. The van der Waals surface area contributed by atoms with E-state index >= 15 is 0 Å². The van der Waals surface area contributed by atoms with Crippen molar-refractivity contribution in [2.75, 3.05) is 5.75 Å². The van der Waals surface area contributed by atoms with E-state index in [2.05, 4.69) is 27.6 Å². The van der Waals surface area contributed by atoms with Crippen molar-refractivity contribution < 1.29 is 18.3 Å². The SMILES string of the molecule is C[C@H](NC(=O)CSc1nnc([C@@H](C)Oc2ccccc2F)o1)c1ccc(-c2ccccc2)cc1. The van der Waals surface area contributed by atoms with E-state index in [1.54, 1.807) is 19.1 Å². The topological polar surface area (TPSA) is 77.2 Å². The number of ether oxygens (including phenoxy) is 1. The molecule has 0 saturated carbocycles. The number of thioether (sulfide) groups is 1. The zero-order chi connectivity index (χ0) is 23.9. The van der Waals surface area contributed by atoms with Gasteiger partial charge in [-0.15, -0.1) is 10.2 Å². The van der Waals surface area contributed by atoms with Crippen LogP contribution in [0.3, 0.4) is 0 Å². The zero-order valence-electron chi connectivity index (χ0n) is 18.8. The number of rotatable bonds is 9. The molecule has 4 rings (SSSR count). The van der Waals surface area contributed by atoms with Crippen LogP contribution in [-0.4, -0.2) is 21.9 Å². The molecular weight excluding hydrogens is 453 g/mol. The van der Waals surface area contributed by atoms with Crippen LogP contribution in [0.4, 0.5) is 4.39 Å². The lowest BCUT2D eigenvalue weighted by atomic mass is 10.0. The molecule has 1 aromatic heterocycles. The molecule has 2 atom stereocenters. The molecule has 0 spiro atoms. The molecule has 34 heavy (non-hydrogen) atoms. The molecule has 0 radical (unpaired) electrons. The second kappa shape index (κ2) is 11.0. The highest BCUT2D eigenvalue weighted by Crippen LogP contribution is 2.26. The number of hydrogen-bond acceptors (Lipinski definition) is 6. The third-order valence-electron chi connectivity index (χ3n) is 5.13. The maximum atomic E-state index is 13.8. The van der Waals surface area contributed by atoms with Gasteiger partial charge in [0.15, 0.2) is 17.7 Å². The van der Waals surface area contributed by atoms with E-state index in [1.807, 2.05) is 49.4 Å². The van der Waals surface area contributed by atoms with Crippen molar-refractivity contribution in [2.24, 2.45) is 0 Å². The number of amides is 1. The van der Waals surface area contributed by atoms with Gasteiger partial charge in [-0.1, -0.05) is 78.5 Å². The van der Waals surface area contributed by atoms with Crippen LogP contribution < -0.4 is 10.1 Å². The summed E-state index contributed by atoms with van der Waals surface area (Å²) in [5.74, 6) is -0.189. The summed E-state index contributed by atoms with van der Waals surface area (Å²) in [4.78, 5) is 12.4. The largest absolute Gasteiger partial charge is 0.478 e. The Bertz CT molecular complexity index is 1230. The predicted molar refractivity (Wildman–Crippen MR) is 129 cm³/mol. The third kappa shape index (κ3) is 6.02. The Morgan fingerprint density at radius 1 is 0.971 bits per heavy atom. The van der Waals surface area contributed by atoms with Crippen LogP contribution in [0.2, 0.25) is 0 Å². The molecule has 8 heteroatoms. The minimum atomic E-state index is -0.633. The molecule has 1 N–H and O–H groups in total. The Morgan fingerprint density at radius 2 is 1.65 bits per heavy atom. The van der Waals surface area contributed by atoms with E-state index in [0.29, 0.717) is 0 Å². The minimum Gasteiger partial charge on any atom is -0.478 e. The highest BCUT2D eigenvalue weighted by Gasteiger charge is 2.18. The van der Waals surface area contributed by atoms with Crippen LogP contribution in [0.15, 0.2) is 88.5 Å². The van der Waals surface area contributed by atoms with E-state index in [1.165, 1.54) is 12.1 Å². The highest BCUT2D eigenvalue weighted by atomic mass is 32.2. The number of halogens is 1. The van der Waals surface area contributed by atoms with Crippen molar-refractivity contribution in [2.45, 2.75) is 31.2 Å². The second-order valence-corrected chi connectivity index (χ2v) is 8.59. The van der Waals surface area contributed by atoms with E-state index in [9.17, 15) is 9.18 Å². The number of aromatic nitrogens is 2. The van der Waals surface area contributed by atoms with Crippen LogP contribution in [0.25, 0.3) is 11.1 Å². The Hall–Kier alpha value is -3.65. The highest BCUT2D eigenvalue weighted by molar-refractivity contribution is 7.99. The second-order valence-electron chi connectivity index (χ2n) is 7.66. The van der Waals surface area contributed by atoms with Gasteiger partial charge in [0.05, 0.1) is 11.8 Å². The fraction of sp³-hybridized carbons (Fsp3) is 0.192. The van der Waals surface area contributed by atoms with Crippen molar-refractivity contribution in [1.29, 1.82) is 0 Å². The number of carbonyl (C=O) groups excluding carboxylic acids is 1. The first-order chi connectivity index (χ1) is 16.5. The van der Waals surface area contributed by atoms with Gasteiger partial charge in [0.1, 0.15) is 0 Å². The molecule has 0 aliphatic heterocycles. The molecule has 1 heterocycles. The lowest BCUT2D eigenvalue weighted by Gasteiger charge is -2.14. The molecule has 4 aromatic rings. The number of benzene rings is 3. The Labute approximate surface area is 201 Å². The van der Waals surface area contributed by atoms with E-state index < -0.39 is 11.9 Å². The molecule has 0 fully saturated rings. The summed E-state index contributed by atoms with van der Waals surface area (Å²) in [6.45, 7) is 3.62. The Kier molecular flexibility index (Phi) is 7.59. The lowest BCUT2D eigenvalue weighted by molar-refractivity contribution is -0.119. The summed E-state index contributed by atoms with van der Waals surface area (Å²) < 4.78 is 24.9. The van der Waals surface area contributed by atoms with Crippen molar-refractivity contribution in [3.8, 4) is 16.9 Å². The quantitative estimate of drug-likeness (QED) is 0.299. The molecule has 6 nitrogen and oxygen atoms in total. The van der Waals surface area contributed by atoms with Crippen LogP contribution in [0.1, 0.15) is 37.4 Å². The summed E-state index contributed by atoms with van der Waals surface area (Å²) in [5, 5.41) is 11.1. The number of nitrogens with zero attached hydrogens (tertiary/aromatic N) is 2. The smallest absolute Gasteiger partial charge is 0.277 e. The molecule has 1 amide bonds. The van der Waals surface area contributed by atoms with Gasteiger partial charge in [0, 0.05) is 0 Å². The van der Waals surface area contributed by atoms with Crippen molar-refractivity contribution >= 4 is 17.7 Å². The van der Waals surface area contributed by atoms with Gasteiger partial charge in [0.25, 0.3) is 11.1 Å². The summed E-state index contributed by atoms with van der Waals surface area (Å²) in [6, 6.07) is 24.2. The van der Waals surface area contributed by atoms with E-state index in [4.69, 9.17) is 9.15 Å². The van der Waals surface area contributed by atoms with Crippen LogP contribution in [0.5, 0.6) is 5.75 Å². The molecule has 0 aliphatic rings. The Morgan fingerprint density at radius 3 is 2.38 bits per heavy atom. The zero-order valence-corrected chi connectivity index (χ0v) is 19.6. The number of hydrogen-bond donors (Lipinski definition) is 1.